The van der Waals surface area contributed by atoms with Crippen LogP contribution < -0.4 is 0 Å². The minimum Gasteiger partial charge on any atom is -0.378 e. The number of unbranched alkanes of at least 4 members (excludes halogenated alkanes) is 1. The molecule has 1 atom stereocenters. The van der Waals surface area contributed by atoms with Crippen LogP contribution in [0.4, 0.5) is 0 Å². The molecular formula is C23H29O4. The van der Waals surface area contributed by atoms with Gasteiger partial charge in [0.05, 0.1) is 12.2 Å². The fourth-order valence-electron chi connectivity index (χ4n) is 2.76. The lowest BCUT2D eigenvalue weighted by Crippen LogP contribution is -2.11. The molecule has 0 spiro atoms. The summed E-state index contributed by atoms with van der Waals surface area (Å²) >= 11 is 0. The molecule has 0 saturated heterocycles. The van der Waals surface area contributed by atoms with E-state index in [0.717, 1.165) is 17.5 Å². The number of rotatable bonds is 12. The molecule has 0 fully saturated rings. The minimum atomic E-state index is -0.528. The lowest BCUT2D eigenvalue weighted by molar-refractivity contribution is -0.218. The number of hydrogen-bond donors (Lipinski definition) is 0. The zero-order chi connectivity index (χ0) is 19.3. The summed E-state index contributed by atoms with van der Waals surface area (Å²) in [6.07, 6.45) is 4.72. The monoisotopic (exact) mass is 369 g/mol. The molecule has 27 heavy (non-hydrogen) atoms. The summed E-state index contributed by atoms with van der Waals surface area (Å²) in [5.74, 6) is 0.0456. The second-order valence-corrected chi connectivity index (χ2v) is 6.53. The molecule has 0 aromatic heterocycles. The van der Waals surface area contributed by atoms with Crippen molar-refractivity contribution in [2.24, 2.45) is 5.92 Å². The second kappa shape index (κ2) is 12.3. The molecule has 2 aromatic rings. The van der Waals surface area contributed by atoms with Crippen LogP contribution in [0.5, 0.6) is 0 Å². The Morgan fingerprint density at radius 3 is 2.37 bits per heavy atom. The van der Waals surface area contributed by atoms with Crippen molar-refractivity contribution in [3.05, 3.63) is 66.8 Å². The van der Waals surface area contributed by atoms with Gasteiger partial charge in [-0.1, -0.05) is 75.6 Å². The van der Waals surface area contributed by atoms with Crippen molar-refractivity contribution in [2.75, 3.05) is 13.2 Å². The Morgan fingerprint density at radius 2 is 1.70 bits per heavy atom. The standard InChI is InChI=1S/C23H29O4/c1-3-5-9-19(4-2)18-25-16-17-26-27-23(24)22-14-12-21(13-15-22)20-10-7-6-8-11-20/h6-8,10-15,17,19H,3-5,9,16,18H2,1-2H3. The van der Waals surface area contributed by atoms with E-state index in [0.29, 0.717) is 24.7 Å². The molecule has 145 valence electrons. The maximum atomic E-state index is 12.0. The summed E-state index contributed by atoms with van der Waals surface area (Å²) in [4.78, 5) is 21.6. The molecule has 1 unspecified atom stereocenters. The average Bonchev–Trinajstić information content (AvgIpc) is 2.73. The first-order valence-corrected chi connectivity index (χ1v) is 9.67. The van der Waals surface area contributed by atoms with Crippen molar-refractivity contribution in [3.63, 3.8) is 0 Å². The minimum absolute atomic E-state index is 0.294. The zero-order valence-electron chi connectivity index (χ0n) is 16.2. The average molecular weight is 369 g/mol. The maximum absolute atomic E-state index is 12.0. The molecule has 0 aliphatic carbocycles. The number of carbonyl (C=O) groups is 1. The van der Waals surface area contributed by atoms with Crippen LogP contribution in [0.1, 0.15) is 49.9 Å². The highest BCUT2D eigenvalue weighted by Crippen LogP contribution is 2.19. The number of ether oxygens (including phenoxy) is 1. The van der Waals surface area contributed by atoms with Gasteiger partial charge in [-0.15, -0.1) is 0 Å². The first-order chi connectivity index (χ1) is 13.2. The molecule has 0 N–H and O–H groups in total. The van der Waals surface area contributed by atoms with Crippen molar-refractivity contribution in [2.45, 2.75) is 39.5 Å². The Balaban J connectivity index is 1.66. The van der Waals surface area contributed by atoms with E-state index in [-0.39, 0.29) is 0 Å². The first-order valence-electron chi connectivity index (χ1n) is 9.67. The molecule has 2 aromatic carbocycles. The zero-order valence-corrected chi connectivity index (χ0v) is 16.2. The molecule has 0 heterocycles. The van der Waals surface area contributed by atoms with E-state index in [2.05, 4.69) is 13.8 Å². The summed E-state index contributed by atoms with van der Waals surface area (Å²) in [7, 11) is 0. The van der Waals surface area contributed by atoms with Crippen molar-refractivity contribution < 1.29 is 19.3 Å². The SMILES string of the molecule is CCCCC(CC)COC[CH]OOC(=O)c1ccc(-c2ccccc2)cc1. The fourth-order valence-corrected chi connectivity index (χ4v) is 2.76. The van der Waals surface area contributed by atoms with Crippen LogP contribution in [0.15, 0.2) is 54.6 Å². The largest absolute Gasteiger partial charge is 0.378 e. The van der Waals surface area contributed by atoms with Crippen LogP contribution in [-0.2, 0) is 14.5 Å². The summed E-state index contributed by atoms with van der Waals surface area (Å²) in [5, 5.41) is 0. The van der Waals surface area contributed by atoms with Gasteiger partial charge < -0.3 is 4.74 Å². The Hall–Kier alpha value is -2.17. The molecule has 0 aliphatic heterocycles. The van der Waals surface area contributed by atoms with Gasteiger partial charge in [-0.2, -0.15) is 4.89 Å². The van der Waals surface area contributed by atoms with Crippen LogP contribution in [0, 0.1) is 12.5 Å². The predicted molar refractivity (Wildman–Crippen MR) is 107 cm³/mol. The molecule has 1 radical (unpaired) electrons. The highest BCUT2D eigenvalue weighted by molar-refractivity contribution is 5.89. The van der Waals surface area contributed by atoms with E-state index in [4.69, 9.17) is 14.5 Å². The first kappa shape index (κ1) is 21.1. The predicted octanol–water partition coefficient (Wildman–Crippen LogP) is 5.84. The lowest BCUT2D eigenvalue weighted by atomic mass is 10.0. The third kappa shape index (κ3) is 7.53. The summed E-state index contributed by atoms with van der Waals surface area (Å²) in [5.41, 5.74) is 2.58. The van der Waals surface area contributed by atoms with E-state index < -0.39 is 5.97 Å². The molecule has 0 saturated carbocycles. The lowest BCUT2D eigenvalue weighted by Gasteiger charge is -2.14. The second-order valence-electron chi connectivity index (χ2n) is 6.53. The Labute approximate surface area is 162 Å². The number of benzene rings is 2. The van der Waals surface area contributed by atoms with Crippen LogP contribution >= 0.6 is 0 Å². The van der Waals surface area contributed by atoms with Gasteiger partial charge in [0.2, 0.25) is 0 Å². The number of carbonyl (C=O) groups excluding carboxylic acids is 1. The van der Waals surface area contributed by atoms with Gasteiger partial charge in [0.15, 0.2) is 6.61 Å². The molecule has 2 rings (SSSR count). The van der Waals surface area contributed by atoms with Gasteiger partial charge in [0.25, 0.3) is 0 Å². The normalized spacial score (nSPS) is 11.9. The van der Waals surface area contributed by atoms with Crippen molar-refractivity contribution in [1.82, 2.24) is 0 Å². The maximum Gasteiger partial charge on any atom is 0.373 e. The third-order valence-electron chi connectivity index (χ3n) is 4.50. The van der Waals surface area contributed by atoms with Crippen molar-refractivity contribution in [3.8, 4) is 11.1 Å². The van der Waals surface area contributed by atoms with E-state index in [1.165, 1.54) is 25.9 Å². The summed E-state index contributed by atoms with van der Waals surface area (Å²) < 4.78 is 5.56. The highest BCUT2D eigenvalue weighted by atomic mass is 17.2. The van der Waals surface area contributed by atoms with Crippen molar-refractivity contribution in [1.29, 1.82) is 0 Å². The molecule has 0 amide bonds. The molecule has 0 bridgehead atoms. The quantitative estimate of drug-likeness (QED) is 0.268. The van der Waals surface area contributed by atoms with Gasteiger partial charge in [0.1, 0.15) is 0 Å². The molecular weight excluding hydrogens is 340 g/mol. The topological polar surface area (TPSA) is 44.8 Å². The fraction of sp³-hybridized carbons (Fsp3) is 0.391. The smallest absolute Gasteiger partial charge is 0.373 e. The Kier molecular flexibility index (Phi) is 9.60. The third-order valence-corrected chi connectivity index (χ3v) is 4.50. The van der Waals surface area contributed by atoms with Crippen LogP contribution in [0.3, 0.4) is 0 Å². The van der Waals surface area contributed by atoms with Gasteiger partial charge in [-0.3, -0.25) is 4.89 Å². The van der Waals surface area contributed by atoms with E-state index in [9.17, 15) is 4.79 Å². The van der Waals surface area contributed by atoms with Crippen LogP contribution in [0.25, 0.3) is 11.1 Å². The Morgan fingerprint density at radius 1 is 1.00 bits per heavy atom. The Bertz CT molecular complexity index is 652. The van der Waals surface area contributed by atoms with Gasteiger partial charge in [-0.25, -0.2) is 4.79 Å². The number of hydrogen-bond acceptors (Lipinski definition) is 4. The van der Waals surface area contributed by atoms with E-state index in [1.807, 2.05) is 42.5 Å². The molecule has 4 nitrogen and oxygen atoms in total. The van der Waals surface area contributed by atoms with Gasteiger partial charge in [0, 0.05) is 6.61 Å². The van der Waals surface area contributed by atoms with Crippen LogP contribution in [-0.4, -0.2) is 19.2 Å². The molecule has 4 heteroatoms. The van der Waals surface area contributed by atoms with Crippen LogP contribution in [0.2, 0.25) is 0 Å². The van der Waals surface area contributed by atoms with Crippen molar-refractivity contribution >= 4 is 5.97 Å². The summed E-state index contributed by atoms with van der Waals surface area (Å²) in [6.45, 7) is 6.73. The van der Waals surface area contributed by atoms with Gasteiger partial charge in [-0.05, 0) is 35.6 Å². The van der Waals surface area contributed by atoms with Gasteiger partial charge >= 0.3 is 5.97 Å². The van der Waals surface area contributed by atoms with E-state index >= 15 is 0 Å². The van der Waals surface area contributed by atoms with E-state index in [1.54, 1.807) is 12.1 Å². The molecule has 0 aliphatic rings. The summed E-state index contributed by atoms with van der Waals surface area (Å²) in [6, 6.07) is 17.2. The highest BCUT2D eigenvalue weighted by Gasteiger charge is 2.10.